The third-order valence-electron chi connectivity index (χ3n) is 2.84. The standard InChI is InChI=1S/C14H7BrCl2N2O/c15-7-1-4-11-9(5-7)13(14(20)19-11)18-12-6-8(16)2-3-10(12)17/h1-6H,(H,18,19,20). The third kappa shape index (κ3) is 2.46. The highest BCUT2D eigenvalue weighted by Gasteiger charge is 2.26. The first-order valence-corrected chi connectivity index (χ1v) is 7.24. The van der Waals surface area contributed by atoms with Gasteiger partial charge in [0.25, 0.3) is 5.91 Å². The Kier molecular flexibility index (Phi) is 3.54. The maximum atomic E-state index is 12.0. The summed E-state index contributed by atoms with van der Waals surface area (Å²) in [5.41, 5.74) is 2.26. The maximum absolute atomic E-state index is 12.0. The number of hydrogen-bond acceptors (Lipinski definition) is 2. The first kappa shape index (κ1) is 13.6. The largest absolute Gasteiger partial charge is 0.320 e. The second-order valence-electron chi connectivity index (χ2n) is 4.20. The summed E-state index contributed by atoms with van der Waals surface area (Å²) in [5.74, 6) is -0.255. The van der Waals surface area contributed by atoms with E-state index in [2.05, 4.69) is 26.2 Å². The molecular formula is C14H7BrCl2N2O. The zero-order valence-corrected chi connectivity index (χ0v) is 13.1. The van der Waals surface area contributed by atoms with Crippen molar-refractivity contribution in [1.82, 2.24) is 0 Å². The number of benzene rings is 2. The molecule has 0 bridgehead atoms. The second kappa shape index (κ2) is 5.20. The quantitative estimate of drug-likeness (QED) is 0.768. The van der Waals surface area contributed by atoms with E-state index in [1.807, 2.05) is 18.2 Å². The normalized spacial score (nSPS) is 15.3. The summed E-state index contributed by atoms with van der Waals surface area (Å²) < 4.78 is 0.873. The lowest BCUT2D eigenvalue weighted by Crippen LogP contribution is -2.13. The zero-order chi connectivity index (χ0) is 14.3. The molecule has 1 aliphatic heterocycles. The number of rotatable bonds is 1. The number of amides is 1. The molecule has 3 rings (SSSR count). The van der Waals surface area contributed by atoms with E-state index in [-0.39, 0.29) is 5.91 Å². The van der Waals surface area contributed by atoms with Crippen LogP contribution in [0, 0.1) is 0 Å². The summed E-state index contributed by atoms with van der Waals surface area (Å²) in [7, 11) is 0. The van der Waals surface area contributed by atoms with Gasteiger partial charge in [0, 0.05) is 15.1 Å². The van der Waals surface area contributed by atoms with Crippen molar-refractivity contribution in [3.05, 3.63) is 56.5 Å². The number of carbonyl (C=O) groups is 1. The predicted octanol–water partition coefficient (Wildman–Crippen LogP) is 4.83. The Hall–Kier alpha value is -1.36. The fourth-order valence-electron chi connectivity index (χ4n) is 1.93. The first-order chi connectivity index (χ1) is 9.54. The highest BCUT2D eigenvalue weighted by atomic mass is 79.9. The molecule has 0 saturated carbocycles. The molecule has 0 fully saturated rings. The predicted molar refractivity (Wildman–Crippen MR) is 85.4 cm³/mol. The summed E-state index contributed by atoms with van der Waals surface area (Å²) >= 11 is 15.4. The van der Waals surface area contributed by atoms with Gasteiger partial charge in [0.2, 0.25) is 0 Å². The van der Waals surface area contributed by atoms with E-state index in [1.54, 1.807) is 18.2 Å². The molecular weight excluding hydrogens is 363 g/mol. The molecule has 2 aromatic carbocycles. The van der Waals surface area contributed by atoms with Gasteiger partial charge in [-0.2, -0.15) is 0 Å². The number of nitrogens with one attached hydrogen (secondary N) is 1. The fourth-order valence-corrected chi connectivity index (χ4v) is 2.62. The molecule has 1 amide bonds. The average Bonchev–Trinajstić information content (AvgIpc) is 2.70. The van der Waals surface area contributed by atoms with Gasteiger partial charge in [-0.25, -0.2) is 4.99 Å². The third-order valence-corrected chi connectivity index (χ3v) is 3.89. The van der Waals surface area contributed by atoms with E-state index < -0.39 is 0 Å². The van der Waals surface area contributed by atoms with Gasteiger partial charge in [-0.05, 0) is 36.4 Å². The Bertz CT molecular complexity index is 759. The number of fused-ring (bicyclic) bond motifs is 1. The first-order valence-electron chi connectivity index (χ1n) is 5.69. The van der Waals surface area contributed by atoms with Gasteiger partial charge in [-0.1, -0.05) is 39.1 Å². The van der Waals surface area contributed by atoms with Crippen molar-refractivity contribution in [2.24, 2.45) is 4.99 Å². The van der Waals surface area contributed by atoms with Gasteiger partial charge in [0.15, 0.2) is 0 Å². The van der Waals surface area contributed by atoms with Crippen LogP contribution in [0.1, 0.15) is 5.56 Å². The van der Waals surface area contributed by atoms with Gasteiger partial charge in [-0.3, -0.25) is 4.79 Å². The number of hydrogen-bond donors (Lipinski definition) is 1. The molecule has 0 atom stereocenters. The van der Waals surface area contributed by atoms with Crippen molar-refractivity contribution in [3.8, 4) is 0 Å². The molecule has 0 spiro atoms. The summed E-state index contributed by atoms with van der Waals surface area (Å²) in [6, 6.07) is 10.5. The van der Waals surface area contributed by atoms with Crippen LogP contribution in [0.25, 0.3) is 0 Å². The van der Waals surface area contributed by atoms with Crippen LogP contribution in [0.3, 0.4) is 0 Å². The minimum atomic E-state index is -0.255. The Morgan fingerprint density at radius 3 is 2.70 bits per heavy atom. The minimum Gasteiger partial charge on any atom is -0.320 e. The van der Waals surface area contributed by atoms with Crippen LogP contribution < -0.4 is 5.32 Å². The van der Waals surface area contributed by atoms with E-state index in [0.717, 1.165) is 15.7 Å². The van der Waals surface area contributed by atoms with E-state index in [0.29, 0.717) is 21.4 Å². The van der Waals surface area contributed by atoms with Gasteiger partial charge in [0.1, 0.15) is 5.71 Å². The van der Waals surface area contributed by atoms with Crippen LogP contribution in [-0.4, -0.2) is 11.6 Å². The van der Waals surface area contributed by atoms with Crippen LogP contribution in [0.5, 0.6) is 0 Å². The Morgan fingerprint density at radius 2 is 1.90 bits per heavy atom. The van der Waals surface area contributed by atoms with Crippen LogP contribution in [0.4, 0.5) is 11.4 Å². The van der Waals surface area contributed by atoms with E-state index in [1.165, 1.54) is 0 Å². The molecule has 3 nitrogen and oxygen atoms in total. The van der Waals surface area contributed by atoms with Crippen molar-refractivity contribution in [1.29, 1.82) is 0 Å². The van der Waals surface area contributed by atoms with E-state index >= 15 is 0 Å². The van der Waals surface area contributed by atoms with Gasteiger partial charge in [0.05, 0.1) is 16.4 Å². The summed E-state index contributed by atoms with van der Waals surface area (Å²) in [4.78, 5) is 16.4. The average molecular weight is 370 g/mol. The molecule has 0 aromatic heterocycles. The molecule has 0 unspecified atom stereocenters. The SMILES string of the molecule is O=C1Nc2ccc(Br)cc2C1=Nc1cc(Cl)ccc1Cl. The molecule has 0 radical (unpaired) electrons. The smallest absolute Gasteiger partial charge is 0.275 e. The highest BCUT2D eigenvalue weighted by Crippen LogP contribution is 2.32. The molecule has 1 aliphatic rings. The lowest BCUT2D eigenvalue weighted by Gasteiger charge is -2.01. The number of carbonyl (C=O) groups excluding carboxylic acids is 1. The Morgan fingerprint density at radius 1 is 1.10 bits per heavy atom. The van der Waals surface area contributed by atoms with Crippen molar-refractivity contribution in [3.63, 3.8) is 0 Å². The van der Waals surface area contributed by atoms with Gasteiger partial charge >= 0.3 is 0 Å². The number of anilines is 1. The fraction of sp³-hybridized carbons (Fsp3) is 0. The van der Waals surface area contributed by atoms with Crippen molar-refractivity contribution >= 4 is 62.1 Å². The minimum absolute atomic E-state index is 0.255. The number of halogens is 3. The summed E-state index contributed by atoms with van der Waals surface area (Å²) in [5, 5.41) is 3.72. The topological polar surface area (TPSA) is 41.5 Å². The zero-order valence-electron chi connectivity index (χ0n) is 9.95. The highest BCUT2D eigenvalue weighted by molar-refractivity contribution is 9.10. The molecule has 1 heterocycles. The second-order valence-corrected chi connectivity index (χ2v) is 5.96. The van der Waals surface area contributed by atoms with Crippen LogP contribution in [-0.2, 0) is 4.79 Å². The van der Waals surface area contributed by atoms with Crippen LogP contribution in [0.15, 0.2) is 45.9 Å². The van der Waals surface area contributed by atoms with Crippen molar-refractivity contribution < 1.29 is 4.79 Å². The molecule has 1 N–H and O–H groups in total. The lowest BCUT2D eigenvalue weighted by molar-refractivity contribution is -0.110. The lowest BCUT2D eigenvalue weighted by atomic mass is 10.1. The number of aliphatic imine (C=N–C) groups is 1. The summed E-state index contributed by atoms with van der Waals surface area (Å²) in [6.45, 7) is 0. The van der Waals surface area contributed by atoms with E-state index in [9.17, 15) is 4.79 Å². The number of nitrogens with zero attached hydrogens (tertiary/aromatic N) is 1. The van der Waals surface area contributed by atoms with Gasteiger partial charge in [-0.15, -0.1) is 0 Å². The Labute approximate surface area is 133 Å². The monoisotopic (exact) mass is 368 g/mol. The van der Waals surface area contributed by atoms with Crippen LogP contribution >= 0.6 is 39.1 Å². The molecule has 0 aliphatic carbocycles. The molecule has 0 saturated heterocycles. The summed E-state index contributed by atoms with van der Waals surface area (Å²) in [6.07, 6.45) is 0. The molecule has 6 heteroatoms. The van der Waals surface area contributed by atoms with Gasteiger partial charge < -0.3 is 5.32 Å². The molecule has 20 heavy (non-hydrogen) atoms. The van der Waals surface area contributed by atoms with Crippen molar-refractivity contribution in [2.75, 3.05) is 5.32 Å². The molecule has 100 valence electrons. The van der Waals surface area contributed by atoms with E-state index in [4.69, 9.17) is 23.2 Å². The Balaban J connectivity index is 2.15. The maximum Gasteiger partial charge on any atom is 0.275 e. The van der Waals surface area contributed by atoms with Crippen molar-refractivity contribution in [2.45, 2.75) is 0 Å². The van der Waals surface area contributed by atoms with Crippen LogP contribution in [0.2, 0.25) is 10.0 Å². The molecule has 2 aromatic rings.